The number of imide groups is 1. The zero-order valence-corrected chi connectivity index (χ0v) is 9.45. The van der Waals surface area contributed by atoms with Crippen LogP contribution < -0.4 is 5.32 Å². The molecular weight excluding hydrogens is 204 g/mol. The van der Waals surface area contributed by atoms with Crippen molar-refractivity contribution in [3.05, 3.63) is 0 Å². The molecule has 2 saturated carbocycles. The lowest BCUT2D eigenvalue weighted by Gasteiger charge is -2.37. The number of fused-ring (bicyclic) bond motifs is 1. The van der Waals surface area contributed by atoms with E-state index in [-0.39, 0.29) is 29.9 Å². The molecule has 0 aromatic carbocycles. The van der Waals surface area contributed by atoms with Crippen LogP contribution in [-0.2, 0) is 4.79 Å². The lowest BCUT2D eigenvalue weighted by Crippen LogP contribution is -2.60. The topological polar surface area (TPSA) is 49.4 Å². The van der Waals surface area contributed by atoms with Crippen molar-refractivity contribution in [3.8, 4) is 0 Å². The summed E-state index contributed by atoms with van der Waals surface area (Å²) in [6.07, 6.45) is 7.28. The zero-order valence-electron chi connectivity index (χ0n) is 9.45. The standard InChI is InChI=1S/C12H18N2O2/c15-11-9-6-3-7-10(9)13-12(16)14(11)8-4-1-2-5-8/h8-10H,1-7H2,(H,13,16). The van der Waals surface area contributed by atoms with E-state index in [9.17, 15) is 9.59 Å². The highest BCUT2D eigenvalue weighted by Crippen LogP contribution is 2.34. The van der Waals surface area contributed by atoms with Crippen LogP contribution in [0, 0.1) is 5.92 Å². The third-order valence-electron chi connectivity index (χ3n) is 4.29. The van der Waals surface area contributed by atoms with Gasteiger partial charge in [0, 0.05) is 12.1 Å². The van der Waals surface area contributed by atoms with Crippen molar-refractivity contribution in [1.82, 2.24) is 10.2 Å². The van der Waals surface area contributed by atoms with Crippen LogP contribution in [-0.4, -0.2) is 28.9 Å². The molecule has 3 rings (SSSR count). The fraction of sp³-hybridized carbons (Fsp3) is 0.833. The van der Waals surface area contributed by atoms with Crippen molar-refractivity contribution in [2.45, 2.75) is 57.0 Å². The Bertz CT molecular complexity index is 323. The van der Waals surface area contributed by atoms with Crippen LogP contribution in [0.5, 0.6) is 0 Å². The van der Waals surface area contributed by atoms with Crippen LogP contribution >= 0.6 is 0 Å². The monoisotopic (exact) mass is 222 g/mol. The third-order valence-corrected chi connectivity index (χ3v) is 4.29. The molecule has 4 nitrogen and oxygen atoms in total. The first-order valence-corrected chi connectivity index (χ1v) is 6.41. The minimum absolute atomic E-state index is 0.0679. The second kappa shape index (κ2) is 3.75. The van der Waals surface area contributed by atoms with Gasteiger partial charge in [-0.2, -0.15) is 0 Å². The highest BCUT2D eigenvalue weighted by molar-refractivity contribution is 5.99. The van der Waals surface area contributed by atoms with E-state index in [0.717, 1.165) is 44.9 Å². The molecule has 1 heterocycles. The van der Waals surface area contributed by atoms with Crippen LogP contribution in [0.3, 0.4) is 0 Å². The Morgan fingerprint density at radius 2 is 1.75 bits per heavy atom. The molecule has 4 heteroatoms. The van der Waals surface area contributed by atoms with E-state index in [0.29, 0.717) is 0 Å². The molecule has 3 amide bonds. The van der Waals surface area contributed by atoms with Gasteiger partial charge >= 0.3 is 6.03 Å². The van der Waals surface area contributed by atoms with Gasteiger partial charge in [-0.05, 0) is 25.7 Å². The average molecular weight is 222 g/mol. The van der Waals surface area contributed by atoms with Crippen LogP contribution in [0.4, 0.5) is 4.79 Å². The Hall–Kier alpha value is -1.06. The lowest BCUT2D eigenvalue weighted by atomic mass is 9.98. The number of nitrogens with zero attached hydrogens (tertiary/aromatic N) is 1. The highest BCUT2D eigenvalue weighted by Gasteiger charge is 2.46. The Kier molecular flexibility index (Phi) is 2.37. The number of urea groups is 1. The van der Waals surface area contributed by atoms with Crippen LogP contribution in [0.15, 0.2) is 0 Å². The van der Waals surface area contributed by atoms with E-state index >= 15 is 0 Å². The molecule has 1 N–H and O–H groups in total. The Balaban J connectivity index is 1.81. The first-order chi connectivity index (χ1) is 7.77. The van der Waals surface area contributed by atoms with Gasteiger partial charge in [-0.3, -0.25) is 9.69 Å². The predicted octanol–water partition coefficient (Wildman–Crippen LogP) is 1.65. The fourth-order valence-corrected chi connectivity index (χ4v) is 3.44. The Morgan fingerprint density at radius 3 is 2.50 bits per heavy atom. The largest absolute Gasteiger partial charge is 0.334 e. The summed E-state index contributed by atoms with van der Waals surface area (Å²) >= 11 is 0. The molecule has 1 saturated heterocycles. The molecule has 0 bridgehead atoms. The molecule has 0 radical (unpaired) electrons. The summed E-state index contributed by atoms with van der Waals surface area (Å²) in [7, 11) is 0. The maximum atomic E-state index is 12.3. The second-order valence-electron chi connectivity index (χ2n) is 5.24. The van der Waals surface area contributed by atoms with E-state index in [1.807, 2.05) is 0 Å². The van der Waals surface area contributed by atoms with Crippen molar-refractivity contribution in [2.24, 2.45) is 5.92 Å². The highest BCUT2D eigenvalue weighted by atomic mass is 16.2. The van der Waals surface area contributed by atoms with Crippen LogP contribution in [0.1, 0.15) is 44.9 Å². The average Bonchev–Trinajstić information content (AvgIpc) is 2.87. The van der Waals surface area contributed by atoms with Gasteiger partial charge < -0.3 is 5.32 Å². The normalized spacial score (nSPS) is 35.4. The number of nitrogens with one attached hydrogen (secondary N) is 1. The molecule has 0 spiro atoms. The maximum Gasteiger partial charge on any atom is 0.324 e. The second-order valence-corrected chi connectivity index (χ2v) is 5.24. The zero-order chi connectivity index (χ0) is 11.1. The molecule has 3 fully saturated rings. The predicted molar refractivity (Wildman–Crippen MR) is 58.8 cm³/mol. The number of rotatable bonds is 1. The quantitative estimate of drug-likeness (QED) is 0.733. The van der Waals surface area contributed by atoms with Gasteiger partial charge in [-0.15, -0.1) is 0 Å². The first kappa shape index (κ1) is 10.1. The molecule has 1 aliphatic heterocycles. The summed E-state index contributed by atoms with van der Waals surface area (Å²) in [5, 5.41) is 3.00. The van der Waals surface area contributed by atoms with E-state index < -0.39 is 0 Å². The molecule has 2 aliphatic carbocycles. The van der Waals surface area contributed by atoms with Crippen molar-refractivity contribution in [1.29, 1.82) is 0 Å². The molecular formula is C12H18N2O2. The number of hydrogen-bond acceptors (Lipinski definition) is 2. The number of carbonyl (C=O) groups excluding carboxylic acids is 2. The third kappa shape index (κ3) is 1.43. The van der Waals surface area contributed by atoms with Crippen molar-refractivity contribution in [3.63, 3.8) is 0 Å². The molecule has 3 aliphatic rings. The number of amides is 3. The molecule has 2 unspecified atom stereocenters. The van der Waals surface area contributed by atoms with Gasteiger partial charge in [-0.25, -0.2) is 4.79 Å². The van der Waals surface area contributed by atoms with E-state index in [4.69, 9.17) is 0 Å². The SMILES string of the molecule is O=C1NC2CCCC2C(=O)N1C1CCCC1. The summed E-state index contributed by atoms with van der Waals surface area (Å²) < 4.78 is 0. The Labute approximate surface area is 95.4 Å². The number of carbonyl (C=O) groups is 2. The van der Waals surface area contributed by atoms with Gasteiger partial charge in [0.25, 0.3) is 0 Å². The Morgan fingerprint density at radius 1 is 1.00 bits per heavy atom. The maximum absolute atomic E-state index is 12.3. The van der Waals surface area contributed by atoms with E-state index in [1.54, 1.807) is 0 Å². The van der Waals surface area contributed by atoms with Crippen molar-refractivity contribution < 1.29 is 9.59 Å². The molecule has 0 aromatic heterocycles. The van der Waals surface area contributed by atoms with E-state index in [2.05, 4.69) is 5.32 Å². The van der Waals surface area contributed by atoms with Gasteiger partial charge in [0.15, 0.2) is 0 Å². The van der Waals surface area contributed by atoms with Crippen LogP contribution in [0.2, 0.25) is 0 Å². The van der Waals surface area contributed by atoms with Crippen LogP contribution in [0.25, 0.3) is 0 Å². The summed E-state index contributed by atoms with van der Waals surface area (Å²) in [6.45, 7) is 0. The smallest absolute Gasteiger partial charge is 0.324 e. The van der Waals surface area contributed by atoms with Gasteiger partial charge in [0.1, 0.15) is 0 Å². The summed E-state index contributed by atoms with van der Waals surface area (Å²) in [5.74, 6) is 0.163. The molecule has 16 heavy (non-hydrogen) atoms. The molecule has 0 aromatic rings. The summed E-state index contributed by atoms with van der Waals surface area (Å²) in [5.41, 5.74) is 0. The summed E-state index contributed by atoms with van der Waals surface area (Å²) in [4.78, 5) is 25.7. The molecule has 2 atom stereocenters. The fourth-order valence-electron chi connectivity index (χ4n) is 3.44. The minimum Gasteiger partial charge on any atom is -0.334 e. The van der Waals surface area contributed by atoms with Gasteiger partial charge in [0.05, 0.1) is 5.92 Å². The lowest BCUT2D eigenvalue weighted by molar-refractivity contribution is -0.136. The molecule has 88 valence electrons. The summed E-state index contributed by atoms with van der Waals surface area (Å²) in [6, 6.07) is 0.159. The van der Waals surface area contributed by atoms with Gasteiger partial charge in [-0.1, -0.05) is 19.3 Å². The number of hydrogen-bond donors (Lipinski definition) is 1. The van der Waals surface area contributed by atoms with Gasteiger partial charge in [0.2, 0.25) is 5.91 Å². The van der Waals surface area contributed by atoms with E-state index in [1.165, 1.54) is 4.90 Å². The van der Waals surface area contributed by atoms with Crippen molar-refractivity contribution in [2.75, 3.05) is 0 Å². The van der Waals surface area contributed by atoms with Crippen molar-refractivity contribution >= 4 is 11.9 Å². The minimum atomic E-state index is -0.139. The first-order valence-electron chi connectivity index (χ1n) is 6.41.